The molecule has 2 aromatic rings. The summed E-state index contributed by atoms with van der Waals surface area (Å²) in [7, 11) is 0. The molecule has 0 saturated heterocycles. The molecule has 3 rings (SSSR count). The highest BCUT2D eigenvalue weighted by Gasteiger charge is 2.35. The molecule has 21 heavy (non-hydrogen) atoms. The van der Waals surface area contributed by atoms with Crippen molar-refractivity contribution in [1.82, 2.24) is 15.3 Å². The van der Waals surface area contributed by atoms with Crippen LogP contribution in [-0.4, -0.2) is 16.5 Å². The third-order valence-corrected chi connectivity index (χ3v) is 5.93. The first kappa shape index (κ1) is 15.1. The van der Waals surface area contributed by atoms with Crippen LogP contribution in [0, 0.1) is 12.3 Å². The molecule has 0 saturated carbocycles. The van der Waals surface area contributed by atoms with Crippen molar-refractivity contribution in [2.75, 3.05) is 6.54 Å². The zero-order valence-corrected chi connectivity index (χ0v) is 14.8. The van der Waals surface area contributed by atoms with E-state index in [2.05, 4.69) is 43.4 Å². The maximum absolute atomic E-state index is 4.91. The molecule has 1 atom stereocenters. The molecule has 5 heteroatoms. The summed E-state index contributed by atoms with van der Waals surface area (Å²) in [4.78, 5) is 10.9. The van der Waals surface area contributed by atoms with E-state index in [1.165, 1.54) is 23.4 Å². The Labute approximate surface area is 134 Å². The Morgan fingerprint density at radius 2 is 2.19 bits per heavy atom. The minimum absolute atomic E-state index is 0.321. The summed E-state index contributed by atoms with van der Waals surface area (Å²) in [6.45, 7) is 10.0. The van der Waals surface area contributed by atoms with E-state index in [9.17, 15) is 0 Å². The van der Waals surface area contributed by atoms with Gasteiger partial charge in [0.25, 0.3) is 0 Å². The number of hydrogen-bond acceptors (Lipinski definition) is 5. The third-order valence-electron chi connectivity index (χ3n) is 3.93. The van der Waals surface area contributed by atoms with Gasteiger partial charge in [0, 0.05) is 16.3 Å². The average Bonchev–Trinajstić information content (AvgIpc) is 3.00. The van der Waals surface area contributed by atoms with Gasteiger partial charge in [0.15, 0.2) is 0 Å². The van der Waals surface area contributed by atoms with Crippen molar-refractivity contribution in [1.29, 1.82) is 0 Å². The predicted octanol–water partition coefficient (Wildman–Crippen LogP) is 4.59. The zero-order valence-electron chi connectivity index (χ0n) is 13.2. The van der Waals surface area contributed by atoms with Crippen LogP contribution in [0.4, 0.5) is 0 Å². The fourth-order valence-corrected chi connectivity index (χ4v) is 4.78. The van der Waals surface area contributed by atoms with E-state index in [1.54, 1.807) is 11.3 Å². The molecule has 2 aromatic heterocycles. The van der Waals surface area contributed by atoms with Crippen LogP contribution < -0.4 is 5.32 Å². The molecule has 1 aliphatic rings. The van der Waals surface area contributed by atoms with Gasteiger partial charge in [-0.1, -0.05) is 20.8 Å². The van der Waals surface area contributed by atoms with E-state index in [-0.39, 0.29) is 0 Å². The largest absolute Gasteiger partial charge is 0.309 e. The van der Waals surface area contributed by atoms with Crippen molar-refractivity contribution in [3.05, 3.63) is 21.0 Å². The van der Waals surface area contributed by atoms with E-state index < -0.39 is 0 Å². The third kappa shape index (κ3) is 3.20. The van der Waals surface area contributed by atoms with Crippen LogP contribution >= 0.6 is 22.7 Å². The molecule has 0 aliphatic heterocycles. The Hall–Kier alpha value is -0.780. The molecule has 0 spiro atoms. The SMILES string of the molecule is CCCNC1CC(C)(C)Cc2nc(-c3csc(C)n3)sc21. The second kappa shape index (κ2) is 5.78. The van der Waals surface area contributed by atoms with Crippen LogP contribution in [0.15, 0.2) is 5.38 Å². The summed E-state index contributed by atoms with van der Waals surface area (Å²) in [6.07, 6.45) is 3.44. The Morgan fingerprint density at radius 3 is 2.86 bits per heavy atom. The number of fused-ring (bicyclic) bond motifs is 1. The highest BCUT2D eigenvalue weighted by Crippen LogP contribution is 2.44. The Kier molecular flexibility index (Phi) is 4.17. The highest BCUT2D eigenvalue weighted by molar-refractivity contribution is 7.16. The lowest BCUT2D eigenvalue weighted by molar-refractivity contribution is 0.258. The molecule has 0 radical (unpaired) electrons. The second-order valence-corrected chi connectivity index (χ2v) is 8.73. The number of aromatic nitrogens is 2. The summed E-state index contributed by atoms with van der Waals surface area (Å²) >= 11 is 3.53. The fourth-order valence-electron chi connectivity index (χ4n) is 2.99. The second-order valence-electron chi connectivity index (χ2n) is 6.63. The molecule has 0 bridgehead atoms. The van der Waals surface area contributed by atoms with Gasteiger partial charge in [-0.15, -0.1) is 22.7 Å². The van der Waals surface area contributed by atoms with Gasteiger partial charge in [-0.3, -0.25) is 0 Å². The zero-order chi connectivity index (χ0) is 15.0. The lowest BCUT2D eigenvalue weighted by Crippen LogP contribution is -2.33. The van der Waals surface area contributed by atoms with Crippen molar-refractivity contribution < 1.29 is 0 Å². The quantitative estimate of drug-likeness (QED) is 0.895. The van der Waals surface area contributed by atoms with Crippen LogP contribution in [0.2, 0.25) is 0 Å². The van der Waals surface area contributed by atoms with Crippen molar-refractivity contribution in [2.45, 2.75) is 53.0 Å². The molecular weight excluding hydrogens is 298 g/mol. The van der Waals surface area contributed by atoms with E-state index >= 15 is 0 Å². The molecule has 0 amide bonds. The summed E-state index contributed by atoms with van der Waals surface area (Å²) in [5, 5.41) is 8.03. The molecule has 2 heterocycles. The van der Waals surface area contributed by atoms with Crippen molar-refractivity contribution in [3.63, 3.8) is 0 Å². The van der Waals surface area contributed by atoms with Crippen LogP contribution in [0.1, 0.15) is 55.2 Å². The fraction of sp³-hybridized carbons (Fsp3) is 0.625. The molecule has 1 N–H and O–H groups in total. The first-order valence-electron chi connectivity index (χ1n) is 7.64. The number of nitrogens with zero attached hydrogens (tertiary/aromatic N) is 2. The predicted molar refractivity (Wildman–Crippen MR) is 91.1 cm³/mol. The molecule has 0 aromatic carbocycles. The van der Waals surface area contributed by atoms with Gasteiger partial charge in [0.2, 0.25) is 0 Å². The van der Waals surface area contributed by atoms with E-state index in [0.717, 1.165) is 28.7 Å². The lowest BCUT2D eigenvalue weighted by atomic mass is 9.76. The van der Waals surface area contributed by atoms with Crippen LogP contribution in [-0.2, 0) is 6.42 Å². The number of aryl methyl sites for hydroxylation is 1. The standard InChI is InChI=1S/C16H23N3S2/c1-5-6-17-11-7-16(3,4)8-12-14(11)21-15(19-12)13-9-20-10(2)18-13/h9,11,17H,5-8H2,1-4H3. The first-order valence-corrected chi connectivity index (χ1v) is 9.33. The highest BCUT2D eigenvalue weighted by atomic mass is 32.1. The molecule has 1 unspecified atom stereocenters. The van der Waals surface area contributed by atoms with E-state index in [4.69, 9.17) is 4.98 Å². The van der Waals surface area contributed by atoms with Gasteiger partial charge in [-0.05, 0) is 38.1 Å². The number of thiazole rings is 2. The summed E-state index contributed by atoms with van der Waals surface area (Å²) in [5.41, 5.74) is 2.65. The Balaban J connectivity index is 1.94. The maximum Gasteiger partial charge on any atom is 0.143 e. The van der Waals surface area contributed by atoms with Gasteiger partial charge in [0.1, 0.15) is 10.7 Å². The topological polar surface area (TPSA) is 37.8 Å². The summed E-state index contributed by atoms with van der Waals surface area (Å²) < 4.78 is 0. The molecule has 3 nitrogen and oxygen atoms in total. The number of rotatable bonds is 4. The van der Waals surface area contributed by atoms with Crippen molar-refractivity contribution >= 4 is 22.7 Å². The van der Waals surface area contributed by atoms with Crippen LogP contribution in [0.3, 0.4) is 0 Å². The smallest absolute Gasteiger partial charge is 0.143 e. The number of hydrogen-bond donors (Lipinski definition) is 1. The minimum atomic E-state index is 0.321. The van der Waals surface area contributed by atoms with Gasteiger partial charge >= 0.3 is 0 Å². The summed E-state index contributed by atoms with van der Waals surface area (Å²) in [6, 6.07) is 0.453. The molecule has 114 valence electrons. The number of nitrogens with one attached hydrogen (secondary N) is 1. The Morgan fingerprint density at radius 1 is 1.38 bits per heavy atom. The normalized spacial score (nSPS) is 20.5. The monoisotopic (exact) mass is 321 g/mol. The van der Waals surface area contributed by atoms with E-state index in [1.807, 2.05) is 11.3 Å². The van der Waals surface area contributed by atoms with Gasteiger partial charge in [-0.25, -0.2) is 9.97 Å². The average molecular weight is 322 g/mol. The Bertz CT molecular complexity index is 627. The van der Waals surface area contributed by atoms with Crippen molar-refractivity contribution in [3.8, 4) is 10.7 Å². The van der Waals surface area contributed by atoms with Gasteiger partial charge in [0.05, 0.1) is 10.7 Å². The van der Waals surface area contributed by atoms with Crippen LogP contribution in [0.5, 0.6) is 0 Å². The van der Waals surface area contributed by atoms with Crippen LogP contribution in [0.25, 0.3) is 10.7 Å². The lowest BCUT2D eigenvalue weighted by Gasteiger charge is -2.34. The van der Waals surface area contributed by atoms with E-state index in [0.29, 0.717) is 11.5 Å². The molecule has 0 fully saturated rings. The molecule has 1 aliphatic carbocycles. The minimum Gasteiger partial charge on any atom is -0.309 e. The maximum atomic E-state index is 4.91. The van der Waals surface area contributed by atoms with Gasteiger partial charge < -0.3 is 5.32 Å². The molecular formula is C16H23N3S2. The van der Waals surface area contributed by atoms with Crippen molar-refractivity contribution in [2.24, 2.45) is 5.41 Å². The van der Waals surface area contributed by atoms with Gasteiger partial charge in [-0.2, -0.15) is 0 Å². The first-order chi connectivity index (χ1) is 9.98. The summed E-state index contributed by atoms with van der Waals surface area (Å²) in [5.74, 6) is 0.